The van der Waals surface area contributed by atoms with Gasteiger partial charge in [-0.2, -0.15) is 4.98 Å². The summed E-state index contributed by atoms with van der Waals surface area (Å²) in [6.07, 6.45) is 0.851. The van der Waals surface area contributed by atoms with Crippen LogP contribution >= 0.6 is 0 Å². The van der Waals surface area contributed by atoms with Crippen molar-refractivity contribution < 1.29 is 18.3 Å². The van der Waals surface area contributed by atoms with Crippen LogP contribution < -0.4 is 5.69 Å². The molecule has 0 aliphatic carbocycles. The number of aromatic carboxylic acids is 1. The minimum absolute atomic E-state index is 0.463. The number of H-pyrrole nitrogens is 1. The molecular formula is C6H6N2O5S. The molecule has 8 heteroatoms. The standard InChI is InChI=1S/C6H6N2O5S/c1-14(12,13)4-2-3(5(9)10)7-6(11)8-4/h2H,1H3,(H,9,10)(H,7,8,11). The minimum atomic E-state index is -3.64. The lowest BCUT2D eigenvalue weighted by Crippen LogP contribution is -2.19. The van der Waals surface area contributed by atoms with Crippen molar-refractivity contribution in [3.8, 4) is 0 Å². The molecule has 1 rings (SSSR count). The van der Waals surface area contributed by atoms with E-state index in [9.17, 15) is 18.0 Å². The van der Waals surface area contributed by atoms with E-state index in [1.165, 1.54) is 0 Å². The fraction of sp³-hybridized carbons (Fsp3) is 0.167. The lowest BCUT2D eigenvalue weighted by atomic mass is 10.4. The number of hydrogen-bond acceptors (Lipinski definition) is 5. The highest BCUT2D eigenvalue weighted by atomic mass is 32.2. The van der Waals surface area contributed by atoms with Gasteiger partial charge in [0.25, 0.3) is 0 Å². The smallest absolute Gasteiger partial charge is 0.354 e. The molecule has 0 bridgehead atoms. The molecule has 76 valence electrons. The Kier molecular flexibility index (Phi) is 2.39. The van der Waals surface area contributed by atoms with E-state index >= 15 is 0 Å². The molecule has 0 spiro atoms. The zero-order valence-electron chi connectivity index (χ0n) is 7.01. The number of nitrogens with zero attached hydrogens (tertiary/aromatic N) is 1. The Hall–Kier alpha value is -1.70. The van der Waals surface area contributed by atoms with Crippen molar-refractivity contribution in [2.75, 3.05) is 6.26 Å². The van der Waals surface area contributed by atoms with Crippen molar-refractivity contribution in [3.05, 3.63) is 22.2 Å². The van der Waals surface area contributed by atoms with Crippen LogP contribution in [0.1, 0.15) is 10.5 Å². The Bertz CT molecular complexity index is 529. The van der Waals surface area contributed by atoms with Gasteiger partial charge in [-0.15, -0.1) is 0 Å². The molecule has 0 aliphatic heterocycles. The summed E-state index contributed by atoms with van der Waals surface area (Å²) < 4.78 is 21.9. The number of rotatable bonds is 2. The highest BCUT2D eigenvalue weighted by Crippen LogP contribution is 2.03. The number of aromatic nitrogens is 2. The Morgan fingerprint density at radius 2 is 2.14 bits per heavy atom. The van der Waals surface area contributed by atoms with Crippen molar-refractivity contribution >= 4 is 15.8 Å². The van der Waals surface area contributed by atoms with Crippen molar-refractivity contribution in [3.63, 3.8) is 0 Å². The van der Waals surface area contributed by atoms with E-state index in [1.807, 2.05) is 4.98 Å². The van der Waals surface area contributed by atoms with Crippen molar-refractivity contribution in [2.45, 2.75) is 5.03 Å². The van der Waals surface area contributed by atoms with Crippen molar-refractivity contribution in [2.24, 2.45) is 0 Å². The summed E-state index contributed by atoms with van der Waals surface area (Å²) in [4.78, 5) is 26.2. The highest BCUT2D eigenvalue weighted by molar-refractivity contribution is 7.90. The van der Waals surface area contributed by atoms with Crippen molar-refractivity contribution in [1.82, 2.24) is 9.97 Å². The van der Waals surface area contributed by atoms with Gasteiger partial charge in [-0.05, 0) is 0 Å². The lowest BCUT2D eigenvalue weighted by molar-refractivity contribution is 0.0689. The van der Waals surface area contributed by atoms with Crippen LogP contribution in [0.2, 0.25) is 0 Å². The lowest BCUT2D eigenvalue weighted by Gasteiger charge is -1.97. The molecule has 0 unspecified atom stereocenters. The first kappa shape index (κ1) is 10.4. The number of nitrogens with one attached hydrogen (secondary N) is 1. The summed E-state index contributed by atoms with van der Waals surface area (Å²) in [5.74, 6) is -1.46. The van der Waals surface area contributed by atoms with Gasteiger partial charge in [0.1, 0.15) is 5.03 Å². The highest BCUT2D eigenvalue weighted by Gasteiger charge is 2.13. The van der Waals surface area contributed by atoms with E-state index in [-0.39, 0.29) is 0 Å². The van der Waals surface area contributed by atoms with E-state index in [1.54, 1.807) is 0 Å². The molecule has 0 saturated carbocycles. The predicted octanol–water partition coefficient (Wildman–Crippen LogP) is -1.13. The topological polar surface area (TPSA) is 117 Å². The first-order valence-electron chi connectivity index (χ1n) is 3.35. The van der Waals surface area contributed by atoms with Crippen LogP contribution in [0.25, 0.3) is 0 Å². The molecule has 14 heavy (non-hydrogen) atoms. The van der Waals surface area contributed by atoms with E-state index in [4.69, 9.17) is 5.11 Å². The Morgan fingerprint density at radius 3 is 2.57 bits per heavy atom. The third-order valence-electron chi connectivity index (χ3n) is 1.34. The van der Waals surface area contributed by atoms with Gasteiger partial charge in [0.05, 0.1) is 0 Å². The van der Waals surface area contributed by atoms with Crippen LogP contribution in [0.3, 0.4) is 0 Å². The monoisotopic (exact) mass is 218 g/mol. The molecule has 1 aromatic heterocycles. The molecule has 0 atom stereocenters. The molecule has 1 heterocycles. The van der Waals surface area contributed by atoms with Crippen molar-refractivity contribution in [1.29, 1.82) is 0 Å². The van der Waals surface area contributed by atoms with Crippen LogP contribution in [-0.4, -0.2) is 35.7 Å². The Morgan fingerprint density at radius 1 is 1.57 bits per heavy atom. The molecule has 7 nitrogen and oxygen atoms in total. The summed E-state index contributed by atoms with van der Waals surface area (Å²) in [6, 6.07) is 0.791. The largest absolute Gasteiger partial charge is 0.477 e. The van der Waals surface area contributed by atoms with Gasteiger partial charge in [-0.25, -0.2) is 18.0 Å². The maximum Gasteiger partial charge on any atom is 0.354 e. The molecule has 1 aromatic rings. The third-order valence-corrected chi connectivity index (χ3v) is 2.36. The van der Waals surface area contributed by atoms with E-state index in [2.05, 4.69) is 4.98 Å². The van der Waals surface area contributed by atoms with Gasteiger partial charge in [-0.1, -0.05) is 0 Å². The summed E-state index contributed by atoms with van der Waals surface area (Å²) in [5, 5.41) is 8.03. The number of carboxylic acids is 1. The van der Waals surface area contributed by atoms with E-state index < -0.39 is 32.2 Å². The Labute approximate surface area is 78.3 Å². The van der Waals surface area contributed by atoms with Gasteiger partial charge in [0.2, 0.25) is 0 Å². The predicted molar refractivity (Wildman–Crippen MR) is 44.9 cm³/mol. The minimum Gasteiger partial charge on any atom is -0.477 e. The second kappa shape index (κ2) is 3.22. The maximum atomic E-state index is 11.0. The normalized spacial score (nSPS) is 11.2. The molecule has 0 aromatic carbocycles. The average Bonchev–Trinajstić information content (AvgIpc) is 2.01. The summed E-state index contributed by atoms with van der Waals surface area (Å²) in [6.45, 7) is 0. The zero-order valence-corrected chi connectivity index (χ0v) is 7.83. The summed E-state index contributed by atoms with van der Waals surface area (Å²) in [5.41, 5.74) is -1.61. The number of aromatic amines is 1. The summed E-state index contributed by atoms with van der Waals surface area (Å²) >= 11 is 0. The summed E-state index contributed by atoms with van der Waals surface area (Å²) in [7, 11) is -3.64. The van der Waals surface area contributed by atoms with Gasteiger partial charge < -0.3 is 5.11 Å². The quantitative estimate of drug-likeness (QED) is 0.606. The van der Waals surface area contributed by atoms with E-state index in [0.717, 1.165) is 12.3 Å². The Balaban J connectivity index is 3.51. The van der Waals surface area contributed by atoms with Gasteiger partial charge >= 0.3 is 11.7 Å². The first-order valence-corrected chi connectivity index (χ1v) is 5.24. The molecular weight excluding hydrogens is 212 g/mol. The van der Waals surface area contributed by atoms with Gasteiger partial charge in [0, 0.05) is 12.3 Å². The number of carbonyl (C=O) groups is 1. The maximum absolute atomic E-state index is 11.0. The molecule has 0 radical (unpaired) electrons. The molecule has 0 saturated heterocycles. The second-order valence-electron chi connectivity index (χ2n) is 2.51. The third kappa shape index (κ3) is 2.16. The van der Waals surface area contributed by atoms with Crippen LogP contribution in [0, 0.1) is 0 Å². The number of hydrogen-bond donors (Lipinski definition) is 2. The number of sulfone groups is 1. The molecule has 0 fully saturated rings. The molecule has 0 aliphatic rings. The fourth-order valence-corrected chi connectivity index (χ4v) is 1.34. The molecule has 0 amide bonds. The van der Waals surface area contributed by atoms with Gasteiger partial charge in [-0.3, -0.25) is 4.98 Å². The average molecular weight is 218 g/mol. The number of carboxylic acid groups (broad SMARTS) is 1. The SMILES string of the molecule is CS(=O)(=O)c1cc(C(=O)O)nc(=O)[nH]1. The second-order valence-corrected chi connectivity index (χ2v) is 4.50. The fourth-order valence-electron chi connectivity index (χ4n) is 0.745. The van der Waals surface area contributed by atoms with E-state index in [0.29, 0.717) is 0 Å². The van der Waals surface area contributed by atoms with Crippen LogP contribution in [0.15, 0.2) is 15.9 Å². The first-order chi connectivity index (χ1) is 6.30. The molecule has 2 N–H and O–H groups in total. The van der Waals surface area contributed by atoms with Crippen LogP contribution in [0.4, 0.5) is 0 Å². The van der Waals surface area contributed by atoms with Crippen LogP contribution in [-0.2, 0) is 9.84 Å². The van der Waals surface area contributed by atoms with Crippen LogP contribution in [0.5, 0.6) is 0 Å². The van der Waals surface area contributed by atoms with Gasteiger partial charge in [0.15, 0.2) is 15.5 Å². The zero-order chi connectivity index (χ0) is 10.9.